The second-order valence-corrected chi connectivity index (χ2v) is 5.02. The van der Waals surface area contributed by atoms with E-state index in [-0.39, 0.29) is 11.3 Å². The third kappa shape index (κ3) is 1.47. The van der Waals surface area contributed by atoms with Gasteiger partial charge in [-0.1, -0.05) is 18.2 Å². The Kier molecular flexibility index (Phi) is 2.22. The van der Waals surface area contributed by atoms with E-state index in [1.165, 1.54) is 0 Å². The lowest BCUT2D eigenvalue weighted by Gasteiger charge is -2.26. The van der Waals surface area contributed by atoms with Crippen molar-refractivity contribution in [3.8, 4) is 0 Å². The summed E-state index contributed by atoms with van der Waals surface area (Å²) >= 11 is 6.13. The number of fused-ring (bicyclic) bond motifs is 2. The first-order valence-corrected chi connectivity index (χ1v) is 5.82. The SMILES string of the molecule is Fc1ccccc1[C@@H]1CN2C[C@@H]1C[C@@H]2Cl. The van der Waals surface area contributed by atoms with Crippen LogP contribution in [0.3, 0.4) is 0 Å². The Hall–Kier alpha value is -0.600. The maximum Gasteiger partial charge on any atom is 0.126 e. The van der Waals surface area contributed by atoms with Crippen LogP contribution < -0.4 is 0 Å². The lowest BCUT2D eigenvalue weighted by Crippen LogP contribution is -2.28. The topological polar surface area (TPSA) is 3.24 Å². The van der Waals surface area contributed by atoms with E-state index in [0.717, 1.165) is 25.1 Å². The van der Waals surface area contributed by atoms with Crippen molar-refractivity contribution in [3.05, 3.63) is 35.6 Å². The standard InChI is InChI=1S/C12H13ClFN/c13-12-5-8-6-15(12)7-10(8)9-3-1-2-4-11(9)14/h1-4,8,10,12H,5-7H2/t8-,10+,12+/m0/s1. The predicted molar refractivity (Wildman–Crippen MR) is 58.5 cm³/mol. The lowest BCUT2D eigenvalue weighted by molar-refractivity contribution is 0.311. The molecule has 0 N–H and O–H groups in total. The van der Waals surface area contributed by atoms with E-state index in [9.17, 15) is 4.39 Å². The zero-order valence-electron chi connectivity index (χ0n) is 8.37. The highest BCUT2D eigenvalue weighted by Gasteiger charge is 2.44. The van der Waals surface area contributed by atoms with Gasteiger partial charge in [0.05, 0.1) is 5.50 Å². The van der Waals surface area contributed by atoms with Crippen molar-refractivity contribution in [2.75, 3.05) is 13.1 Å². The number of nitrogens with zero attached hydrogens (tertiary/aromatic N) is 1. The summed E-state index contributed by atoms with van der Waals surface area (Å²) in [6, 6.07) is 7.12. The predicted octanol–water partition coefficient (Wildman–Crippen LogP) is 2.81. The Morgan fingerprint density at radius 3 is 2.67 bits per heavy atom. The van der Waals surface area contributed by atoms with E-state index in [2.05, 4.69) is 4.90 Å². The third-order valence-electron chi connectivity index (χ3n) is 3.67. The highest BCUT2D eigenvalue weighted by Crippen LogP contribution is 2.44. The van der Waals surface area contributed by atoms with E-state index >= 15 is 0 Å². The first kappa shape index (κ1) is 9.61. The number of hydrogen-bond acceptors (Lipinski definition) is 1. The molecule has 0 aromatic heterocycles. The second-order valence-electron chi connectivity index (χ2n) is 4.51. The molecular weight excluding hydrogens is 213 g/mol. The molecule has 1 unspecified atom stereocenters. The average Bonchev–Trinajstić information content (AvgIpc) is 2.77. The van der Waals surface area contributed by atoms with Crippen molar-refractivity contribution >= 4 is 11.6 Å². The molecule has 2 bridgehead atoms. The molecule has 0 radical (unpaired) electrons. The number of benzene rings is 1. The van der Waals surface area contributed by atoms with E-state index < -0.39 is 0 Å². The molecule has 15 heavy (non-hydrogen) atoms. The van der Waals surface area contributed by atoms with Gasteiger partial charge in [0, 0.05) is 19.0 Å². The van der Waals surface area contributed by atoms with Gasteiger partial charge in [-0.05, 0) is 24.0 Å². The van der Waals surface area contributed by atoms with Crippen molar-refractivity contribution in [1.82, 2.24) is 4.90 Å². The van der Waals surface area contributed by atoms with Gasteiger partial charge in [-0.2, -0.15) is 0 Å². The van der Waals surface area contributed by atoms with Crippen LogP contribution in [-0.4, -0.2) is 23.5 Å². The molecule has 0 saturated carbocycles. The molecule has 2 aliphatic heterocycles. The molecule has 1 aromatic carbocycles. The Bertz CT molecular complexity index is 380. The third-order valence-corrected chi connectivity index (χ3v) is 4.12. The molecule has 2 aliphatic rings. The summed E-state index contributed by atoms with van der Waals surface area (Å²) in [5.41, 5.74) is 1.05. The van der Waals surface area contributed by atoms with Crippen molar-refractivity contribution in [2.45, 2.75) is 17.8 Å². The minimum Gasteiger partial charge on any atom is -0.287 e. The number of alkyl halides is 1. The summed E-state index contributed by atoms with van der Waals surface area (Å²) in [7, 11) is 0. The summed E-state index contributed by atoms with van der Waals surface area (Å²) in [5, 5.41) is 0. The zero-order chi connectivity index (χ0) is 10.4. The summed E-state index contributed by atoms with van der Waals surface area (Å²) in [5.74, 6) is 0.827. The number of rotatable bonds is 1. The number of hydrogen-bond donors (Lipinski definition) is 0. The number of piperidine rings is 1. The summed E-state index contributed by atoms with van der Waals surface area (Å²) in [6.45, 7) is 1.95. The van der Waals surface area contributed by atoms with Crippen LogP contribution in [0.15, 0.2) is 24.3 Å². The average molecular weight is 226 g/mol. The fourth-order valence-electron chi connectivity index (χ4n) is 2.90. The zero-order valence-corrected chi connectivity index (χ0v) is 9.12. The van der Waals surface area contributed by atoms with Crippen molar-refractivity contribution in [3.63, 3.8) is 0 Å². The van der Waals surface area contributed by atoms with Crippen LogP contribution in [-0.2, 0) is 0 Å². The molecule has 2 saturated heterocycles. The fraction of sp³-hybridized carbons (Fsp3) is 0.500. The first-order valence-electron chi connectivity index (χ1n) is 5.38. The van der Waals surface area contributed by atoms with Crippen LogP contribution in [0.2, 0.25) is 0 Å². The van der Waals surface area contributed by atoms with Gasteiger partial charge in [0.15, 0.2) is 0 Å². The largest absolute Gasteiger partial charge is 0.287 e. The van der Waals surface area contributed by atoms with Gasteiger partial charge >= 0.3 is 0 Å². The Morgan fingerprint density at radius 2 is 2.07 bits per heavy atom. The van der Waals surface area contributed by atoms with Gasteiger partial charge in [0.2, 0.25) is 0 Å². The minimum absolute atomic E-state index is 0.0672. The van der Waals surface area contributed by atoms with Crippen LogP contribution in [0.1, 0.15) is 17.9 Å². The van der Waals surface area contributed by atoms with Crippen molar-refractivity contribution in [2.24, 2.45) is 5.92 Å². The molecule has 2 fully saturated rings. The number of halogens is 2. The maximum atomic E-state index is 13.6. The second kappa shape index (κ2) is 3.46. The fourth-order valence-corrected chi connectivity index (χ4v) is 3.29. The Balaban J connectivity index is 1.89. The van der Waals surface area contributed by atoms with Crippen molar-refractivity contribution in [1.29, 1.82) is 0 Å². The molecule has 80 valence electrons. The molecule has 2 heterocycles. The molecule has 1 nitrogen and oxygen atoms in total. The molecule has 4 atom stereocenters. The lowest BCUT2D eigenvalue weighted by atomic mass is 9.86. The van der Waals surface area contributed by atoms with Gasteiger partial charge < -0.3 is 0 Å². The summed E-state index contributed by atoms with van der Waals surface area (Å²) in [4.78, 5) is 2.25. The highest BCUT2D eigenvalue weighted by atomic mass is 35.5. The van der Waals surface area contributed by atoms with Crippen LogP contribution >= 0.6 is 11.6 Å². The van der Waals surface area contributed by atoms with E-state index in [0.29, 0.717) is 11.8 Å². The van der Waals surface area contributed by atoms with Crippen LogP contribution in [0.4, 0.5) is 4.39 Å². The quantitative estimate of drug-likeness (QED) is 0.525. The van der Waals surface area contributed by atoms with Gasteiger partial charge in [-0.15, -0.1) is 11.6 Å². The molecule has 1 aromatic rings. The maximum absolute atomic E-state index is 13.6. The van der Waals surface area contributed by atoms with Gasteiger partial charge in [-0.25, -0.2) is 4.39 Å². The highest BCUT2D eigenvalue weighted by molar-refractivity contribution is 6.20. The van der Waals surface area contributed by atoms with E-state index in [4.69, 9.17) is 11.6 Å². The molecule has 3 heteroatoms. The Labute approximate surface area is 93.8 Å². The molecule has 3 rings (SSSR count). The molecule has 0 aliphatic carbocycles. The van der Waals surface area contributed by atoms with Crippen molar-refractivity contribution < 1.29 is 4.39 Å². The normalized spacial score (nSPS) is 38.5. The van der Waals surface area contributed by atoms with E-state index in [1.807, 2.05) is 12.1 Å². The molecule has 0 spiro atoms. The van der Waals surface area contributed by atoms with Crippen LogP contribution in [0.5, 0.6) is 0 Å². The minimum atomic E-state index is -0.0672. The van der Waals surface area contributed by atoms with Crippen LogP contribution in [0, 0.1) is 11.7 Å². The van der Waals surface area contributed by atoms with E-state index in [1.54, 1.807) is 12.1 Å². The first-order chi connectivity index (χ1) is 7.25. The van der Waals surface area contributed by atoms with Crippen LogP contribution in [0.25, 0.3) is 0 Å². The Morgan fingerprint density at radius 1 is 1.27 bits per heavy atom. The summed E-state index contributed by atoms with van der Waals surface area (Å²) < 4.78 is 13.6. The smallest absolute Gasteiger partial charge is 0.126 e. The molecular formula is C12H13ClFN. The summed E-state index contributed by atoms with van der Waals surface area (Å²) in [6.07, 6.45) is 1.00. The van der Waals surface area contributed by atoms with Gasteiger partial charge in [0.25, 0.3) is 0 Å². The van der Waals surface area contributed by atoms with Gasteiger partial charge in [0.1, 0.15) is 5.82 Å². The molecule has 0 amide bonds. The van der Waals surface area contributed by atoms with Gasteiger partial charge in [-0.3, -0.25) is 4.90 Å². The monoisotopic (exact) mass is 225 g/mol.